The number of rotatable bonds is 5. The molecule has 29 heavy (non-hydrogen) atoms. The van der Waals surface area contributed by atoms with Gasteiger partial charge >= 0.3 is 0 Å². The molecule has 6 nitrogen and oxygen atoms in total. The molecule has 1 atom stereocenters. The number of benzene rings is 1. The molecule has 4 rings (SSSR count). The van der Waals surface area contributed by atoms with Crippen molar-refractivity contribution in [2.45, 2.75) is 45.4 Å². The van der Waals surface area contributed by atoms with E-state index >= 15 is 0 Å². The van der Waals surface area contributed by atoms with E-state index in [0.29, 0.717) is 23.6 Å². The number of ether oxygens (including phenoxy) is 1. The second-order valence-corrected chi connectivity index (χ2v) is 8.36. The van der Waals surface area contributed by atoms with Crippen molar-refractivity contribution in [3.8, 4) is 5.75 Å². The standard InChI is InChI=1S/C22H31N3O3.ClH/c1-2-28-19-7-6-16(21(27)25-12-4-3-5-13-25)14-18(19)24-20(26)17-15-22(17)8-10-23-11-9-22;/h6-7,14,17,23H,2-5,8-13,15H2,1H3,(H,24,26);1H. The monoisotopic (exact) mass is 421 g/mol. The number of amides is 2. The topological polar surface area (TPSA) is 70.7 Å². The molecule has 2 N–H and O–H groups in total. The molecule has 2 saturated heterocycles. The molecule has 7 heteroatoms. The van der Waals surface area contributed by atoms with Crippen LogP contribution in [0.1, 0.15) is 55.8 Å². The number of piperidine rings is 2. The first-order valence-corrected chi connectivity index (χ1v) is 10.7. The lowest BCUT2D eigenvalue weighted by Gasteiger charge is -2.27. The Labute approximate surface area is 179 Å². The number of carbonyl (C=O) groups is 2. The molecule has 3 aliphatic rings. The van der Waals surface area contributed by atoms with E-state index in [2.05, 4.69) is 10.6 Å². The van der Waals surface area contributed by atoms with Gasteiger partial charge in [0.05, 0.1) is 12.3 Å². The highest BCUT2D eigenvalue weighted by molar-refractivity contribution is 6.00. The number of halogens is 1. The summed E-state index contributed by atoms with van der Waals surface area (Å²) in [5.74, 6) is 0.807. The molecular weight excluding hydrogens is 390 g/mol. The lowest BCUT2D eigenvalue weighted by molar-refractivity contribution is -0.118. The van der Waals surface area contributed by atoms with E-state index in [1.54, 1.807) is 6.07 Å². The Bertz CT molecular complexity index is 743. The van der Waals surface area contributed by atoms with Crippen molar-refractivity contribution in [1.29, 1.82) is 0 Å². The van der Waals surface area contributed by atoms with Crippen LogP contribution < -0.4 is 15.4 Å². The molecule has 3 fully saturated rings. The molecule has 0 radical (unpaired) electrons. The molecule has 1 unspecified atom stereocenters. The Hall–Kier alpha value is -1.79. The largest absolute Gasteiger partial charge is 0.492 e. The number of anilines is 1. The molecule has 160 valence electrons. The summed E-state index contributed by atoms with van der Waals surface area (Å²) >= 11 is 0. The summed E-state index contributed by atoms with van der Waals surface area (Å²) in [4.78, 5) is 27.7. The van der Waals surface area contributed by atoms with Gasteiger partial charge in [0.1, 0.15) is 5.75 Å². The third-order valence-corrected chi connectivity index (χ3v) is 6.53. The summed E-state index contributed by atoms with van der Waals surface area (Å²) in [6.45, 7) is 6.05. The van der Waals surface area contributed by atoms with Crippen molar-refractivity contribution in [3.05, 3.63) is 23.8 Å². The zero-order valence-electron chi connectivity index (χ0n) is 17.2. The Balaban J connectivity index is 0.00000240. The lowest BCUT2D eigenvalue weighted by atomic mass is 9.92. The minimum atomic E-state index is 0. The van der Waals surface area contributed by atoms with Crippen LogP contribution in [0.15, 0.2) is 18.2 Å². The first-order valence-electron chi connectivity index (χ1n) is 10.7. The summed E-state index contributed by atoms with van der Waals surface area (Å²) in [5, 5.41) is 6.44. The minimum Gasteiger partial charge on any atom is -0.492 e. The van der Waals surface area contributed by atoms with E-state index in [1.165, 1.54) is 6.42 Å². The van der Waals surface area contributed by atoms with E-state index < -0.39 is 0 Å². The maximum absolute atomic E-state index is 12.9. The van der Waals surface area contributed by atoms with Gasteiger partial charge in [0.15, 0.2) is 0 Å². The van der Waals surface area contributed by atoms with Gasteiger partial charge in [-0.25, -0.2) is 0 Å². The Morgan fingerprint density at radius 1 is 1.21 bits per heavy atom. The van der Waals surface area contributed by atoms with Gasteiger partial charge < -0.3 is 20.3 Å². The maximum atomic E-state index is 12.9. The first kappa shape index (κ1) is 21.9. The van der Waals surface area contributed by atoms with Crippen LogP contribution in [-0.2, 0) is 4.79 Å². The minimum absolute atomic E-state index is 0. The van der Waals surface area contributed by atoms with E-state index in [4.69, 9.17) is 4.74 Å². The molecule has 1 saturated carbocycles. The van der Waals surface area contributed by atoms with Gasteiger partial charge in [0.25, 0.3) is 5.91 Å². The smallest absolute Gasteiger partial charge is 0.253 e. The normalized spacial score (nSPS) is 22.5. The average Bonchev–Trinajstić information content (AvgIpc) is 3.43. The summed E-state index contributed by atoms with van der Waals surface area (Å²) in [5.41, 5.74) is 1.42. The molecule has 1 aliphatic carbocycles. The highest BCUT2D eigenvalue weighted by Gasteiger charge is 2.57. The SMILES string of the molecule is CCOc1ccc(C(=O)N2CCCCC2)cc1NC(=O)C1CC12CCNCC2.Cl. The van der Waals surface area contributed by atoms with Crippen LogP contribution >= 0.6 is 12.4 Å². The molecule has 2 heterocycles. The van der Waals surface area contributed by atoms with Gasteiger partial charge in [-0.3, -0.25) is 9.59 Å². The maximum Gasteiger partial charge on any atom is 0.253 e. The zero-order chi connectivity index (χ0) is 19.6. The number of likely N-dealkylation sites (tertiary alicyclic amines) is 1. The highest BCUT2D eigenvalue weighted by Crippen LogP contribution is 2.58. The van der Waals surface area contributed by atoms with Crippen molar-refractivity contribution < 1.29 is 14.3 Å². The average molecular weight is 422 g/mol. The van der Waals surface area contributed by atoms with Crippen LogP contribution in [0.5, 0.6) is 5.75 Å². The van der Waals surface area contributed by atoms with Gasteiger partial charge in [-0.2, -0.15) is 0 Å². The van der Waals surface area contributed by atoms with Crippen molar-refractivity contribution >= 4 is 29.9 Å². The Morgan fingerprint density at radius 2 is 1.93 bits per heavy atom. The molecule has 1 aromatic carbocycles. The van der Waals surface area contributed by atoms with Crippen LogP contribution in [0.4, 0.5) is 5.69 Å². The van der Waals surface area contributed by atoms with Crippen LogP contribution in [-0.4, -0.2) is 49.5 Å². The first-order chi connectivity index (χ1) is 13.6. The van der Waals surface area contributed by atoms with Crippen molar-refractivity contribution in [2.24, 2.45) is 11.3 Å². The zero-order valence-corrected chi connectivity index (χ0v) is 18.0. The fourth-order valence-electron chi connectivity index (χ4n) is 4.74. The van der Waals surface area contributed by atoms with Gasteiger partial charge in [0, 0.05) is 24.6 Å². The predicted octanol–water partition coefficient (Wildman–Crippen LogP) is 3.46. The van der Waals surface area contributed by atoms with Crippen LogP contribution in [0.2, 0.25) is 0 Å². The molecule has 0 aromatic heterocycles. The number of hydrogen-bond acceptors (Lipinski definition) is 4. The quantitative estimate of drug-likeness (QED) is 0.763. The van der Waals surface area contributed by atoms with E-state index in [0.717, 1.165) is 58.3 Å². The summed E-state index contributed by atoms with van der Waals surface area (Å²) in [6, 6.07) is 5.41. The van der Waals surface area contributed by atoms with Crippen molar-refractivity contribution in [3.63, 3.8) is 0 Å². The van der Waals surface area contributed by atoms with Crippen LogP contribution in [0.25, 0.3) is 0 Å². The number of nitrogens with one attached hydrogen (secondary N) is 2. The van der Waals surface area contributed by atoms with Crippen molar-refractivity contribution in [1.82, 2.24) is 10.2 Å². The van der Waals surface area contributed by atoms with Gasteiger partial charge in [-0.1, -0.05) is 0 Å². The van der Waals surface area contributed by atoms with Crippen molar-refractivity contribution in [2.75, 3.05) is 38.1 Å². The Kier molecular flexibility index (Phi) is 7.06. The molecular formula is C22H32ClN3O3. The van der Waals surface area contributed by atoms with Crippen LogP contribution in [0.3, 0.4) is 0 Å². The predicted molar refractivity (Wildman–Crippen MR) is 116 cm³/mol. The van der Waals surface area contributed by atoms with Crippen LogP contribution in [0, 0.1) is 11.3 Å². The van der Waals surface area contributed by atoms with Gasteiger partial charge in [0.2, 0.25) is 5.91 Å². The Morgan fingerprint density at radius 3 is 2.62 bits per heavy atom. The summed E-state index contributed by atoms with van der Waals surface area (Å²) < 4.78 is 5.71. The number of hydrogen-bond donors (Lipinski definition) is 2. The molecule has 2 amide bonds. The molecule has 1 spiro atoms. The number of carbonyl (C=O) groups excluding carboxylic acids is 2. The fourth-order valence-corrected chi connectivity index (χ4v) is 4.74. The fraction of sp³-hybridized carbons (Fsp3) is 0.636. The summed E-state index contributed by atoms with van der Waals surface area (Å²) in [7, 11) is 0. The summed E-state index contributed by atoms with van der Waals surface area (Å²) in [6.07, 6.45) is 6.41. The highest BCUT2D eigenvalue weighted by atomic mass is 35.5. The number of nitrogens with zero attached hydrogens (tertiary/aromatic N) is 1. The molecule has 1 aromatic rings. The molecule has 0 bridgehead atoms. The molecule has 2 aliphatic heterocycles. The second-order valence-electron chi connectivity index (χ2n) is 8.36. The van der Waals surface area contributed by atoms with E-state index in [9.17, 15) is 9.59 Å². The van der Waals surface area contributed by atoms with E-state index in [-0.39, 0.29) is 35.6 Å². The second kappa shape index (κ2) is 9.35. The van der Waals surface area contributed by atoms with Gasteiger partial charge in [-0.05, 0) is 82.2 Å². The van der Waals surface area contributed by atoms with E-state index in [1.807, 2.05) is 24.0 Å². The third-order valence-electron chi connectivity index (χ3n) is 6.53. The third kappa shape index (κ3) is 4.69. The van der Waals surface area contributed by atoms with Gasteiger partial charge in [-0.15, -0.1) is 12.4 Å². The lowest BCUT2D eigenvalue weighted by Crippen LogP contribution is -2.35.